The van der Waals surface area contributed by atoms with E-state index in [0.717, 1.165) is 5.75 Å². The van der Waals surface area contributed by atoms with Crippen LogP contribution in [0.25, 0.3) is 0 Å². The van der Waals surface area contributed by atoms with Crippen LogP contribution in [-0.2, 0) is 6.61 Å². The van der Waals surface area contributed by atoms with E-state index >= 15 is 0 Å². The topological polar surface area (TPSA) is 93.8 Å². The summed E-state index contributed by atoms with van der Waals surface area (Å²) in [5.74, 6) is 1.26. The molecule has 0 saturated heterocycles. The Morgan fingerprint density at radius 1 is 1.36 bits per heavy atom. The predicted molar refractivity (Wildman–Crippen MR) is 77.8 cm³/mol. The molecule has 2 rings (SSSR count). The number of methoxy groups -OCH3 is 1. The third kappa shape index (κ3) is 4.23. The Hall–Kier alpha value is -2.54. The number of nitrogens with one attached hydrogen (secondary N) is 1. The molecule has 0 radical (unpaired) electrons. The zero-order chi connectivity index (χ0) is 15.9. The van der Waals surface area contributed by atoms with Gasteiger partial charge in [-0.25, -0.2) is 4.98 Å². The molecule has 0 aliphatic rings. The predicted octanol–water partition coefficient (Wildman–Crippen LogP) is 1.37. The number of amides is 1. The van der Waals surface area contributed by atoms with Gasteiger partial charge in [0.1, 0.15) is 17.8 Å². The monoisotopic (exact) mass is 306 g/mol. The number of rotatable bonds is 7. The first kappa shape index (κ1) is 15.8. The minimum absolute atomic E-state index is 0.106. The number of aromatic nitrogens is 1. The molecule has 0 spiro atoms. The molecule has 1 heterocycles. The number of carbonyl (C=O) groups excluding carboxylic acids is 1. The number of nitrogens with zero attached hydrogens (tertiary/aromatic N) is 1. The maximum atomic E-state index is 11.8. The molecule has 118 valence electrons. The first-order valence-corrected chi connectivity index (χ1v) is 6.75. The molecule has 2 aromatic rings. The summed E-state index contributed by atoms with van der Waals surface area (Å²) in [7, 11) is 1.59. The molecule has 1 aromatic heterocycles. The fourth-order valence-corrected chi connectivity index (χ4v) is 1.64. The Balaban J connectivity index is 1.90. The van der Waals surface area contributed by atoms with Crippen LogP contribution in [-0.4, -0.2) is 35.8 Å². The first-order chi connectivity index (χ1) is 10.6. The van der Waals surface area contributed by atoms with Gasteiger partial charge in [-0.15, -0.1) is 0 Å². The van der Waals surface area contributed by atoms with Crippen molar-refractivity contribution in [2.45, 2.75) is 19.6 Å². The lowest BCUT2D eigenvalue weighted by Gasteiger charge is -2.08. The molecule has 7 nitrogen and oxygen atoms in total. The molecule has 0 bridgehead atoms. The Kier molecular flexibility index (Phi) is 5.37. The van der Waals surface area contributed by atoms with Crippen molar-refractivity contribution in [3.8, 4) is 11.5 Å². The Morgan fingerprint density at radius 3 is 2.68 bits per heavy atom. The van der Waals surface area contributed by atoms with Gasteiger partial charge in [-0.05, 0) is 31.2 Å². The summed E-state index contributed by atoms with van der Waals surface area (Å²) in [6, 6.07) is 6.74. The number of carbonyl (C=O) groups is 1. The van der Waals surface area contributed by atoms with Gasteiger partial charge >= 0.3 is 0 Å². The van der Waals surface area contributed by atoms with E-state index in [1.807, 2.05) is 0 Å². The van der Waals surface area contributed by atoms with E-state index in [9.17, 15) is 4.79 Å². The summed E-state index contributed by atoms with van der Waals surface area (Å²) < 4.78 is 15.7. The van der Waals surface area contributed by atoms with Crippen molar-refractivity contribution >= 4 is 5.91 Å². The second-order valence-electron chi connectivity index (χ2n) is 4.65. The van der Waals surface area contributed by atoms with Crippen molar-refractivity contribution in [3.05, 3.63) is 42.1 Å². The van der Waals surface area contributed by atoms with Crippen LogP contribution in [0.3, 0.4) is 0 Å². The molecule has 0 unspecified atom stereocenters. The molecule has 1 atom stereocenters. The quantitative estimate of drug-likeness (QED) is 0.802. The first-order valence-electron chi connectivity index (χ1n) is 6.75. The van der Waals surface area contributed by atoms with Crippen LogP contribution in [0, 0.1) is 0 Å². The molecule has 0 aliphatic heterocycles. The van der Waals surface area contributed by atoms with Crippen molar-refractivity contribution in [1.82, 2.24) is 10.3 Å². The van der Waals surface area contributed by atoms with Gasteiger partial charge in [0.15, 0.2) is 12.3 Å². The molecule has 7 heteroatoms. The van der Waals surface area contributed by atoms with Gasteiger partial charge in [0.2, 0.25) is 5.89 Å². The average molecular weight is 306 g/mol. The van der Waals surface area contributed by atoms with Crippen molar-refractivity contribution in [2.75, 3.05) is 13.7 Å². The van der Waals surface area contributed by atoms with Crippen molar-refractivity contribution in [2.24, 2.45) is 0 Å². The highest BCUT2D eigenvalue weighted by molar-refractivity contribution is 5.92. The molecule has 0 aliphatic carbocycles. The molecule has 22 heavy (non-hydrogen) atoms. The van der Waals surface area contributed by atoms with E-state index < -0.39 is 5.91 Å². The standard InChI is InChI=1S/C15H18N2O5/c1-10(7-18)16-15(19)13-8-22-14(17-13)9-21-12-5-3-11(20-2)4-6-12/h3-6,8,10,18H,7,9H2,1-2H3,(H,16,19)/t10-/m0/s1. The number of benzene rings is 1. The Bertz CT molecular complexity index is 609. The van der Waals surface area contributed by atoms with Gasteiger partial charge in [0.25, 0.3) is 5.91 Å². The van der Waals surface area contributed by atoms with Gasteiger partial charge in [-0.1, -0.05) is 0 Å². The normalized spacial score (nSPS) is 11.8. The zero-order valence-corrected chi connectivity index (χ0v) is 12.4. The summed E-state index contributed by atoms with van der Waals surface area (Å²) in [4.78, 5) is 15.8. The molecule has 2 N–H and O–H groups in total. The van der Waals surface area contributed by atoms with Gasteiger partial charge < -0.3 is 24.3 Å². The SMILES string of the molecule is COc1ccc(OCc2nc(C(=O)N[C@@H](C)CO)co2)cc1. The van der Waals surface area contributed by atoms with Crippen LogP contribution in [0.1, 0.15) is 23.3 Å². The summed E-state index contributed by atoms with van der Waals surface area (Å²) in [6.07, 6.45) is 1.26. The van der Waals surface area contributed by atoms with E-state index in [2.05, 4.69) is 10.3 Å². The van der Waals surface area contributed by atoms with Crippen molar-refractivity contribution in [3.63, 3.8) is 0 Å². The zero-order valence-electron chi connectivity index (χ0n) is 12.4. The highest BCUT2D eigenvalue weighted by Crippen LogP contribution is 2.18. The van der Waals surface area contributed by atoms with Crippen LogP contribution < -0.4 is 14.8 Å². The fourth-order valence-electron chi connectivity index (χ4n) is 1.64. The maximum Gasteiger partial charge on any atom is 0.273 e. The molecular formula is C15H18N2O5. The van der Waals surface area contributed by atoms with Gasteiger partial charge in [0, 0.05) is 6.04 Å². The number of ether oxygens (including phenoxy) is 2. The lowest BCUT2D eigenvalue weighted by molar-refractivity contribution is 0.0917. The van der Waals surface area contributed by atoms with Gasteiger partial charge in [0.05, 0.1) is 13.7 Å². The fraction of sp³-hybridized carbons (Fsp3) is 0.333. The van der Waals surface area contributed by atoms with Crippen LogP contribution in [0.2, 0.25) is 0 Å². The minimum atomic E-state index is -0.402. The number of oxazole rings is 1. The Morgan fingerprint density at radius 2 is 2.05 bits per heavy atom. The van der Waals surface area contributed by atoms with E-state index in [1.54, 1.807) is 38.3 Å². The third-order valence-electron chi connectivity index (χ3n) is 2.86. The summed E-state index contributed by atoms with van der Waals surface area (Å²) in [5.41, 5.74) is 0.147. The van der Waals surface area contributed by atoms with Gasteiger partial charge in [-0.2, -0.15) is 0 Å². The van der Waals surface area contributed by atoms with Crippen LogP contribution >= 0.6 is 0 Å². The summed E-state index contributed by atoms with van der Waals surface area (Å²) in [5, 5.41) is 11.5. The van der Waals surface area contributed by atoms with Crippen molar-refractivity contribution in [1.29, 1.82) is 0 Å². The average Bonchev–Trinajstić information content (AvgIpc) is 3.02. The molecular weight excluding hydrogens is 288 g/mol. The Labute approximate surface area is 127 Å². The van der Waals surface area contributed by atoms with E-state index in [-0.39, 0.29) is 30.8 Å². The summed E-state index contributed by atoms with van der Waals surface area (Å²) >= 11 is 0. The highest BCUT2D eigenvalue weighted by atomic mass is 16.5. The highest BCUT2D eigenvalue weighted by Gasteiger charge is 2.14. The van der Waals surface area contributed by atoms with E-state index in [4.69, 9.17) is 19.0 Å². The van der Waals surface area contributed by atoms with Crippen molar-refractivity contribution < 1.29 is 23.8 Å². The number of aliphatic hydroxyl groups is 1. The largest absolute Gasteiger partial charge is 0.497 e. The second kappa shape index (κ2) is 7.46. The number of hydrogen-bond donors (Lipinski definition) is 2. The van der Waals surface area contributed by atoms with E-state index in [0.29, 0.717) is 5.75 Å². The van der Waals surface area contributed by atoms with Crippen LogP contribution in [0.5, 0.6) is 11.5 Å². The summed E-state index contributed by atoms with van der Waals surface area (Å²) in [6.45, 7) is 1.65. The second-order valence-corrected chi connectivity index (χ2v) is 4.65. The van der Waals surface area contributed by atoms with Crippen LogP contribution in [0.15, 0.2) is 34.9 Å². The minimum Gasteiger partial charge on any atom is -0.497 e. The lowest BCUT2D eigenvalue weighted by Crippen LogP contribution is -2.35. The molecule has 0 saturated carbocycles. The smallest absolute Gasteiger partial charge is 0.273 e. The maximum absolute atomic E-state index is 11.8. The number of aliphatic hydroxyl groups excluding tert-OH is 1. The van der Waals surface area contributed by atoms with E-state index in [1.165, 1.54) is 6.26 Å². The van der Waals surface area contributed by atoms with Gasteiger partial charge in [-0.3, -0.25) is 4.79 Å². The lowest BCUT2D eigenvalue weighted by atomic mass is 10.3. The molecule has 1 amide bonds. The molecule has 0 fully saturated rings. The van der Waals surface area contributed by atoms with Crippen LogP contribution in [0.4, 0.5) is 0 Å². The molecule has 1 aromatic carbocycles. The number of hydrogen-bond acceptors (Lipinski definition) is 6. The third-order valence-corrected chi connectivity index (χ3v) is 2.86.